The van der Waals surface area contributed by atoms with Crippen molar-refractivity contribution >= 4 is 22.6 Å². The second kappa shape index (κ2) is 6.16. The standard InChI is InChI=1S/C16H22N6OS/c1-2-4-13-18-15(24-20-13)19-16-6-5-12(16)9-21(11-16)14(23)10-22-8-3-7-17-22/h3,7-8,12H,2,4-6,9-11H2,1H3,(H,18,19,20). The molecule has 0 bridgehead atoms. The van der Waals surface area contributed by atoms with Crippen LogP contribution in [-0.2, 0) is 17.8 Å². The number of aryl methyl sites for hydroxylation is 1. The van der Waals surface area contributed by atoms with Crippen LogP contribution in [0.15, 0.2) is 18.5 Å². The van der Waals surface area contributed by atoms with Gasteiger partial charge in [0.1, 0.15) is 12.4 Å². The van der Waals surface area contributed by atoms with Crippen molar-refractivity contribution in [2.24, 2.45) is 5.92 Å². The fourth-order valence-electron chi connectivity index (χ4n) is 3.71. The van der Waals surface area contributed by atoms with Crippen molar-refractivity contribution in [3.63, 3.8) is 0 Å². The van der Waals surface area contributed by atoms with Gasteiger partial charge < -0.3 is 10.2 Å². The van der Waals surface area contributed by atoms with Gasteiger partial charge in [-0.05, 0) is 25.3 Å². The number of rotatable bonds is 6. The second-order valence-electron chi connectivity index (χ2n) is 6.76. The molecule has 3 heterocycles. The smallest absolute Gasteiger partial charge is 0.244 e. The largest absolute Gasteiger partial charge is 0.353 e. The molecule has 24 heavy (non-hydrogen) atoms. The minimum absolute atomic E-state index is 0.0111. The van der Waals surface area contributed by atoms with E-state index in [1.807, 2.05) is 17.2 Å². The minimum atomic E-state index is -0.0111. The fourth-order valence-corrected chi connectivity index (χ4v) is 4.43. The minimum Gasteiger partial charge on any atom is -0.353 e. The molecule has 4 rings (SSSR count). The first-order chi connectivity index (χ1) is 11.7. The van der Waals surface area contributed by atoms with Gasteiger partial charge >= 0.3 is 0 Å². The Balaban J connectivity index is 1.41. The van der Waals surface area contributed by atoms with Crippen LogP contribution in [-0.4, -0.2) is 48.6 Å². The summed E-state index contributed by atoms with van der Waals surface area (Å²) in [4.78, 5) is 19.1. The topological polar surface area (TPSA) is 75.9 Å². The summed E-state index contributed by atoms with van der Waals surface area (Å²) in [5, 5.41) is 8.62. The molecule has 1 saturated heterocycles. The number of likely N-dealkylation sites (tertiary alicyclic amines) is 1. The van der Waals surface area contributed by atoms with Gasteiger partial charge in [0.05, 0.1) is 5.54 Å². The molecule has 1 amide bonds. The molecule has 8 heteroatoms. The monoisotopic (exact) mass is 346 g/mol. The van der Waals surface area contributed by atoms with Crippen molar-refractivity contribution in [2.45, 2.75) is 44.7 Å². The van der Waals surface area contributed by atoms with E-state index in [2.05, 4.69) is 26.7 Å². The summed E-state index contributed by atoms with van der Waals surface area (Å²) in [6.07, 6.45) is 7.76. The van der Waals surface area contributed by atoms with E-state index in [1.165, 1.54) is 18.0 Å². The van der Waals surface area contributed by atoms with E-state index in [4.69, 9.17) is 0 Å². The lowest BCUT2D eigenvalue weighted by atomic mass is 9.69. The first kappa shape index (κ1) is 15.6. The van der Waals surface area contributed by atoms with E-state index in [0.29, 0.717) is 12.5 Å². The van der Waals surface area contributed by atoms with Crippen LogP contribution >= 0.6 is 11.5 Å². The van der Waals surface area contributed by atoms with E-state index in [1.54, 1.807) is 10.9 Å². The zero-order valence-corrected chi connectivity index (χ0v) is 14.6. The maximum Gasteiger partial charge on any atom is 0.244 e. The predicted octanol–water partition coefficient (Wildman–Crippen LogP) is 1.79. The molecule has 0 spiro atoms. The molecule has 1 aliphatic carbocycles. The lowest BCUT2D eigenvalue weighted by Crippen LogP contribution is -2.53. The molecule has 2 aromatic rings. The Hall–Kier alpha value is -1.96. The lowest BCUT2D eigenvalue weighted by Gasteiger charge is -2.44. The van der Waals surface area contributed by atoms with Crippen molar-refractivity contribution in [2.75, 3.05) is 18.4 Å². The zero-order valence-electron chi connectivity index (χ0n) is 13.8. The van der Waals surface area contributed by atoms with E-state index in [-0.39, 0.29) is 11.4 Å². The van der Waals surface area contributed by atoms with E-state index >= 15 is 0 Å². The van der Waals surface area contributed by atoms with Gasteiger partial charge in [-0.15, -0.1) is 0 Å². The van der Waals surface area contributed by atoms with Crippen molar-refractivity contribution in [1.82, 2.24) is 24.0 Å². The molecule has 2 unspecified atom stereocenters. The van der Waals surface area contributed by atoms with E-state index < -0.39 is 0 Å². The van der Waals surface area contributed by atoms with Crippen LogP contribution < -0.4 is 5.32 Å². The summed E-state index contributed by atoms with van der Waals surface area (Å²) in [5.74, 6) is 1.57. The summed E-state index contributed by atoms with van der Waals surface area (Å²) < 4.78 is 6.09. The Morgan fingerprint density at radius 1 is 1.54 bits per heavy atom. The number of hydrogen-bond acceptors (Lipinski definition) is 6. The van der Waals surface area contributed by atoms with Gasteiger partial charge in [0, 0.05) is 49.4 Å². The number of hydrogen-bond donors (Lipinski definition) is 1. The van der Waals surface area contributed by atoms with Gasteiger partial charge in [-0.1, -0.05) is 6.92 Å². The SMILES string of the molecule is CCCc1nsc(NC23CCC2CN(C(=O)Cn2cccn2)C3)n1. The van der Waals surface area contributed by atoms with Crippen LogP contribution in [0.4, 0.5) is 5.13 Å². The van der Waals surface area contributed by atoms with Gasteiger partial charge in [-0.2, -0.15) is 9.47 Å². The summed E-state index contributed by atoms with van der Waals surface area (Å²) in [6.45, 7) is 4.03. The number of carbonyl (C=O) groups is 1. The van der Waals surface area contributed by atoms with Gasteiger partial charge in [-0.3, -0.25) is 9.48 Å². The highest BCUT2D eigenvalue weighted by Crippen LogP contribution is 2.46. The van der Waals surface area contributed by atoms with E-state index in [9.17, 15) is 4.79 Å². The highest BCUT2D eigenvalue weighted by Gasteiger charge is 2.54. The van der Waals surface area contributed by atoms with Gasteiger partial charge in [0.2, 0.25) is 11.0 Å². The normalized spacial score (nSPS) is 25.4. The summed E-state index contributed by atoms with van der Waals surface area (Å²) in [7, 11) is 0. The Bertz CT molecular complexity index is 714. The first-order valence-corrected chi connectivity index (χ1v) is 9.32. The molecule has 2 aromatic heterocycles. The number of nitrogens with zero attached hydrogens (tertiary/aromatic N) is 5. The quantitative estimate of drug-likeness (QED) is 0.863. The highest BCUT2D eigenvalue weighted by molar-refractivity contribution is 7.09. The molecule has 1 N–H and O–H groups in total. The number of fused-ring (bicyclic) bond motifs is 1. The Kier molecular flexibility index (Phi) is 3.99. The third-order valence-electron chi connectivity index (χ3n) is 5.14. The third kappa shape index (κ3) is 2.79. The molecule has 2 fully saturated rings. The fraction of sp³-hybridized carbons (Fsp3) is 0.625. The predicted molar refractivity (Wildman–Crippen MR) is 91.8 cm³/mol. The maximum absolute atomic E-state index is 12.5. The van der Waals surface area contributed by atoms with E-state index in [0.717, 1.165) is 43.3 Å². The number of nitrogens with one attached hydrogen (secondary N) is 1. The number of aromatic nitrogens is 4. The van der Waals surface area contributed by atoms with Gasteiger partial charge in [0.25, 0.3) is 0 Å². The summed E-state index contributed by atoms with van der Waals surface area (Å²) in [5.41, 5.74) is -0.0111. The average molecular weight is 346 g/mol. The van der Waals surface area contributed by atoms with Crippen LogP contribution in [0.5, 0.6) is 0 Å². The average Bonchev–Trinajstić information content (AvgIpc) is 3.25. The van der Waals surface area contributed by atoms with Crippen LogP contribution in [0, 0.1) is 5.92 Å². The molecule has 0 aromatic carbocycles. The van der Waals surface area contributed by atoms with Crippen LogP contribution in [0.25, 0.3) is 0 Å². The molecule has 7 nitrogen and oxygen atoms in total. The molecule has 128 valence electrons. The molecular weight excluding hydrogens is 324 g/mol. The number of amides is 1. The summed E-state index contributed by atoms with van der Waals surface area (Å²) in [6, 6.07) is 1.84. The van der Waals surface area contributed by atoms with Crippen molar-refractivity contribution in [3.05, 3.63) is 24.3 Å². The Labute approximate surface area is 145 Å². The maximum atomic E-state index is 12.5. The number of anilines is 1. The first-order valence-electron chi connectivity index (χ1n) is 8.54. The molecule has 1 aliphatic heterocycles. The molecule has 2 aliphatic rings. The Morgan fingerprint density at radius 3 is 3.17 bits per heavy atom. The third-order valence-corrected chi connectivity index (χ3v) is 5.81. The van der Waals surface area contributed by atoms with Crippen molar-refractivity contribution in [3.8, 4) is 0 Å². The van der Waals surface area contributed by atoms with Gasteiger partial charge in [0.15, 0.2) is 0 Å². The van der Waals surface area contributed by atoms with Crippen LogP contribution in [0.3, 0.4) is 0 Å². The lowest BCUT2D eigenvalue weighted by molar-refractivity contribution is -0.131. The van der Waals surface area contributed by atoms with Gasteiger partial charge in [-0.25, -0.2) is 4.98 Å². The Morgan fingerprint density at radius 2 is 2.46 bits per heavy atom. The van der Waals surface area contributed by atoms with Crippen LogP contribution in [0.1, 0.15) is 32.0 Å². The highest BCUT2D eigenvalue weighted by atomic mass is 32.1. The molecule has 1 saturated carbocycles. The molecule has 2 atom stereocenters. The number of carbonyl (C=O) groups excluding carboxylic acids is 1. The second-order valence-corrected chi connectivity index (χ2v) is 7.51. The van der Waals surface area contributed by atoms with Crippen molar-refractivity contribution < 1.29 is 4.79 Å². The summed E-state index contributed by atoms with van der Waals surface area (Å²) >= 11 is 1.43. The van der Waals surface area contributed by atoms with Crippen molar-refractivity contribution in [1.29, 1.82) is 0 Å². The zero-order chi connectivity index (χ0) is 16.6. The molecule has 0 radical (unpaired) electrons. The molecular formula is C16H22N6OS. The van der Waals surface area contributed by atoms with Crippen LogP contribution in [0.2, 0.25) is 0 Å².